The van der Waals surface area contributed by atoms with Crippen LogP contribution in [0.1, 0.15) is 19.4 Å². The minimum Gasteiger partial charge on any atom is -0.372 e. The minimum absolute atomic E-state index is 0.100. The number of rotatable bonds is 6. The first-order valence-corrected chi connectivity index (χ1v) is 7.72. The van der Waals surface area contributed by atoms with Crippen molar-refractivity contribution in [3.05, 3.63) is 52.4 Å². The van der Waals surface area contributed by atoms with E-state index in [9.17, 15) is 9.59 Å². The molecule has 122 valence electrons. The van der Waals surface area contributed by atoms with Gasteiger partial charge in [0.05, 0.1) is 0 Å². The third-order valence-corrected chi connectivity index (χ3v) is 3.69. The molecule has 0 saturated heterocycles. The fraction of sp³-hybridized carbons (Fsp3) is 0.353. The Morgan fingerprint density at radius 3 is 2.61 bits per heavy atom. The number of hydrogen-bond donors (Lipinski definition) is 1. The van der Waals surface area contributed by atoms with E-state index >= 15 is 0 Å². The van der Waals surface area contributed by atoms with Gasteiger partial charge in [-0.1, -0.05) is 0 Å². The molecule has 0 saturated carbocycles. The maximum atomic E-state index is 12.1. The van der Waals surface area contributed by atoms with Crippen molar-refractivity contribution in [2.24, 2.45) is 0 Å². The van der Waals surface area contributed by atoms with Crippen LogP contribution < -0.4 is 15.8 Å². The Hall–Kier alpha value is -2.63. The van der Waals surface area contributed by atoms with Crippen molar-refractivity contribution in [2.75, 3.05) is 23.3 Å². The predicted octanol–water partition coefficient (Wildman–Crippen LogP) is 2.04. The topological polar surface area (TPSA) is 67.2 Å². The monoisotopic (exact) mass is 314 g/mol. The van der Waals surface area contributed by atoms with E-state index in [1.807, 2.05) is 19.1 Å². The highest BCUT2D eigenvalue weighted by molar-refractivity contribution is 5.91. The van der Waals surface area contributed by atoms with Gasteiger partial charge in [-0.2, -0.15) is 5.10 Å². The predicted molar refractivity (Wildman–Crippen MR) is 91.9 cm³/mol. The lowest BCUT2D eigenvalue weighted by Gasteiger charge is -2.22. The van der Waals surface area contributed by atoms with Gasteiger partial charge in [0.25, 0.3) is 5.56 Å². The highest BCUT2D eigenvalue weighted by Crippen LogP contribution is 2.22. The maximum Gasteiger partial charge on any atom is 0.267 e. The second-order valence-electron chi connectivity index (χ2n) is 5.24. The molecule has 1 heterocycles. The van der Waals surface area contributed by atoms with Gasteiger partial charge in [0, 0.05) is 36.7 Å². The molecule has 0 unspecified atom stereocenters. The van der Waals surface area contributed by atoms with Crippen molar-refractivity contribution < 1.29 is 4.79 Å². The molecule has 2 aromatic rings. The Kier molecular flexibility index (Phi) is 5.51. The first kappa shape index (κ1) is 16.7. The van der Waals surface area contributed by atoms with Gasteiger partial charge in [-0.25, -0.2) is 4.68 Å². The van der Waals surface area contributed by atoms with Crippen molar-refractivity contribution in [3.8, 4) is 0 Å². The normalized spacial score (nSPS) is 10.4. The average molecular weight is 314 g/mol. The molecule has 2 rings (SSSR count). The zero-order valence-corrected chi connectivity index (χ0v) is 13.7. The van der Waals surface area contributed by atoms with Crippen LogP contribution in [0.5, 0.6) is 0 Å². The van der Waals surface area contributed by atoms with Gasteiger partial charge in [0.1, 0.15) is 6.54 Å². The van der Waals surface area contributed by atoms with E-state index in [0.29, 0.717) is 0 Å². The van der Waals surface area contributed by atoms with E-state index in [4.69, 9.17) is 0 Å². The summed E-state index contributed by atoms with van der Waals surface area (Å²) in [5.41, 5.74) is 2.56. The van der Waals surface area contributed by atoms with Crippen LogP contribution in [-0.4, -0.2) is 28.8 Å². The Morgan fingerprint density at radius 1 is 1.26 bits per heavy atom. The number of carbonyl (C=O) groups excluding carboxylic acids is 1. The molecular formula is C17H22N4O2. The minimum atomic E-state index is -0.295. The number of aryl methyl sites for hydroxylation is 1. The summed E-state index contributed by atoms with van der Waals surface area (Å²) in [5.74, 6) is -0.274. The molecule has 0 spiro atoms. The molecule has 0 atom stereocenters. The van der Waals surface area contributed by atoms with Crippen molar-refractivity contribution in [1.29, 1.82) is 0 Å². The molecule has 0 radical (unpaired) electrons. The molecule has 6 heteroatoms. The lowest BCUT2D eigenvalue weighted by Crippen LogP contribution is -2.29. The number of amides is 1. The number of nitrogens with one attached hydrogen (secondary N) is 1. The Balaban J connectivity index is 2.09. The number of carbonyl (C=O) groups is 1. The Morgan fingerprint density at radius 2 is 2.00 bits per heavy atom. The number of aromatic nitrogens is 2. The van der Waals surface area contributed by atoms with Crippen LogP contribution in [0.2, 0.25) is 0 Å². The van der Waals surface area contributed by atoms with E-state index in [1.165, 1.54) is 12.3 Å². The largest absolute Gasteiger partial charge is 0.372 e. The van der Waals surface area contributed by atoms with Crippen LogP contribution in [-0.2, 0) is 11.3 Å². The summed E-state index contributed by atoms with van der Waals surface area (Å²) >= 11 is 0. The van der Waals surface area contributed by atoms with Crippen LogP contribution in [0, 0.1) is 6.92 Å². The third-order valence-electron chi connectivity index (χ3n) is 3.69. The van der Waals surface area contributed by atoms with Gasteiger partial charge >= 0.3 is 0 Å². The molecule has 0 aliphatic carbocycles. The molecule has 1 aromatic carbocycles. The van der Waals surface area contributed by atoms with Crippen LogP contribution in [0.4, 0.5) is 11.4 Å². The van der Waals surface area contributed by atoms with Gasteiger partial charge in [-0.3, -0.25) is 9.59 Å². The smallest absolute Gasteiger partial charge is 0.267 e. The van der Waals surface area contributed by atoms with Gasteiger partial charge in [0.15, 0.2) is 0 Å². The van der Waals surface area contributed by atoms with E-state index in [-0.39, 0.29) is 18.0 Å². The zero-order chi connectivity index (χ0) is 16.8. The molecule has 1 aromatic heterocycles. The molecular weight excluding hydrogens is 292 g/mol. The molecule has 6 nitrogen and oxygen atoms in total. The number of anilines is 2. The highest BCUT2D eigenvalue weighted by Gasteiger charge is 2.09. The molecule has 0 fully saturated rings. The molecule has 0 bridgehead atoms. The summed E-state index contributed by atoms with van der Waals surface area (Å²) in [6.07, 6.45) is 1.48. The zero-order valence-electron chi connectivity index (χ0n) is 13.7. The van der Waals surface area contributed by atoms with Crippen molar-refractivity contribution in [3.63, 3.8) is 0 Å². The van der Waals surface area contributed by atoms with Gasteiger partial charge < -0.3 is 10.2 Å². The summed E-state index contributed by atoms with van der Waals surface area (Å²) in [7, 11) is 0. The van der Waals surface area contributed by atoms with Crippen LogP contribution in [0.3, 0.4) is 0 Å². The molecule has 23 heavy (non-hydrogen) atoms. The summed E-state index contributed by atoms with van der Waals surface area (Å²) in [5, 5.41) is 6.71. The molecule has 1 N–H and O–H groups in total. The highest BCUT2D eigenvalue weighted by atomic mass is 16.2. The second kappa shape index (κ2) is 7.58. The molecule has 1 amide bonds. The number of benzene rings is 1. The molecule has 0 aliphatic rings. The first-order chi connectivity index (χ1) is 11.0. The van der Waals surface area contributed by atoms with Gasteiger partial charge in [-0.15, -0.1) is 0 Å². The van der Waals surface area contributed by atoms with E-state index < -0.39 is 0 Å². The van der Waals surface area contributed by atoms with Crippen molar-refractivity contribution >= 4 is 17.3 Å². The lowest BCUT2D eigenvalue weighted by molar-refractivity contribution is -0.117. The first-order valence-electron chi connectivity index (χ1n) is 7.72. The van der Waals surface area contributed by atoms with Crippen LogP contribution in [0.15, 0.2) is 41.3 Å². The standard InChI is InChI=1S/C17H22N4O2/c1-4-20(5-2)14-8-9-15(13(3)11-14)19-16(22)12-21-17(23)7-6-10-18-21/h6-11H,4-5,12H2,1-3H3,(H,19,22). The van der Waals surface area contributed by atoms with Crippen LogP contribution >= 0.6 is 0 Å². The summed E-state index contributed by atoms with van der Waals surface area (Å²) in [6.45, 7) is 7.94. The van der Waals surface area contributed by atoms with Crippen molar-refractivity contribution in [2.45, 2.75) is 27.3 Å². The number of hydrogen-bond acceptors (Lipinski definition) is 4. The van der Waals surface area contributed by atoms with E-state index in [1.54, 1.807) is 6.07 Å². The Bertz CT molecular complexity index is 735. The SMILES string of the molecule is CCN(CC)c1ccc(NC(=O)Cn2ncccc2=O)c(C)c1. The summed E-state index contributed by atoms with van der Waals surface area (Å²) in [4.78, 5) is 25.9. The Labute approximate surface area is 135 Å². The average Bonchev–Trinajstić information content (AvgIpc) is 2.53. The summed E-state index contributed by atoms with van der Waals surface area (Å²) in [6, 6.07) is 8.86. The van der Waals surface area contributed by atoms with Gasteiger partial charge in [0.2, 0.25) is 5.91 Å². The fourth-order valence-electron chi connectivity index (χ4n) is 2.41. The van der Waals surface area contributed by atoms with E-state index in [0.717, 1.165) is 34.7 Å². The van der Waals surface area contributed by atoms with E-state index in [2.05, 4.69) is 35.2 Å². The fourth-order valence-corrected chi connectivity index (χ4v) is 2.41. The quantitative estimate of drug-likeness (QED) is 0.886. The maximum absolute atomic E-state index is 12.1. The second-order valence-corrected chi connectivity index (χ2v) is 5.24. The van der Waals surface area contributed by atoms with Gasteiger partial charge in [-0.05, 0) is 50.6 Å². The molecule has 0 aliphatic heterocycles. The van der Waals surface area contributed by atoms with Crippen LogP contribution in [0.25, 0.3) is 0 Å². The summed E-state index contributed by atoms with van der Waals surface area (Å²) < 4.78 is 1.13. The number of nitrogens with zero attached hydrogens (tertiary/aromatic N) is 3. The lowest BCUT2D eigenvalue weighted by atomic mass is 10.1. The van der Waals surface area contributed by atoms with Crippen molar-refractivity contribution in [1.82, 2.24) is 9.78 Å². The third kappa shape index (κ3) is 4.18.